The summed E-state index contributed by atoms with van der Waals surface area (Å²) in [5, 5.41) is 2.55. The van der Waals surface area contributed by atoms with E-state index in [1.807, 2.05) is 0 Å². The molecule has 13 aromatic carbocycles. The van der Waals surface area contributed by atoms with E-state index >= 15 is 0 Å². The lowest BCUT2D eigenvalue weighted by atomic mass is 9.65. The highest BCUT2D eigenvalue weighted by atomic mass is 15.1. The molecule has 0 radical (unpaired) electrons. The van der Waals surface area contributed by atoms with E-state index in [4.69, 9.17) is 0 Å². The Bertz CT molecular complexity index is 4950. The Kier molecular flexibility index (Phi) is 9.39. The first-order valence-corrected chi connectivity index (χ1v) is 28.7. The SMILES string of the molecule is c1ccc(-c2ccccc2-c2ccccc2N(c2ccc3c(c2)C2(c4ccccc4-c4ccccc42)c2ccccc2-3)c2ccccc2-c2ccc3c(c2)C2(c4ccccc4-3)c3ccccc3-n3c4ccccc4c4cccc2c43)cc1. The van der Waals surface area contributed by atoms with Crippen molar-refractivity contribution in [2.75, 3.05) is 4.90 Å². The number of anilines is 3. The summed E-state index contributed by atoms with van der Waals surface area (Å²) >= 11 is 0. The van der Waals surface area contributed by atoms with Crippen LogP contribution >= 0.6 is 0 Å². The average molecular weight is 1040 g/mol. The average Bonchev–Trinajstić information content (AvgIpc) is 1.57. The van der Waals surface area contributed by atoms with E-state index in [1.165, 1.54) is 122 Å². The van der Waals surface area contributed by atoms with Crippen molar-refractivity contribution < 1.29 is 0 Å². The lowest BCUT2D eigenvalue weighted by Crippen LogP contribution is -2.33. The maximum Gasteiger partial charge on any atom is 0.0754 e. The number of benzene rings is 13. The second-order valence-electron chi connectivity index (χ2n) is 22.5. The molecule has 380 valence electrons. The number of nitrogens with zero attached hydrogens (tertiary/aromatic N) is 2. The van der Waals surface area contributed by atoms with E-state index in [-0.39, 0.29) is 0 Å². The molecule has 2 heterocycles. The van der Waals surface area contributed by atoms with Gasteiger partial charge in [0.2, 0.25) is 0 Å². The summed E-state index contributed by atoms with van der Waals surface area (Å²) in [4.78, 5) is 2.57. The molecule has 0 N–H and O–H groups in total. The van der Waals surface area contributed by atoms with Crippen molar-refractivity contribution >= 4 is 38.9 Å². The lowest BCUT2D eigenvalue weighted by molar-refractivity contribution is 0.749. The summed E-state index contributed by atoms with van der Waals surface area (Å²) in [5.41, 5.74) is 31.1. The van der Waals surface area contributed by atoms with Crippen LogP contribution in [0.1, 0.15) is 44.5 Å². The Morgan fingerprint density at radius 2 is 0.683 bits per heavy atom. The zero-order chi connectivity index (χ0) is 53.7. The van der Waals surface area contributed by atoms with Crippen LogP contribution in [0.25, 0.3) is 94.3 Å². The Balaban J connectivity index is 0.910. The zero-order valence-corrected chi connectivity index (χ0v) is 44.8. The van der Waals surface area contributed by atoms with Gasteiger partial charge in [0.05, 0.1) is 38.9 Å². The molecule has 0 bridgehead atoms. The van der Waals surface area contributed by atoms with Gasteiger partial charge in [0, 0.05) is 27.6 Å². The first-order valence-electron chi connectivity index (χ1n) is 28.7. The van der Waals surface area contributed by atoms with Crippen molar-refractivity contribution in [3.05, 3.63) is 348 Å². The Morgan fingerprint density at radius 3 is 1.34 bits per heavy atom. The number of aromatic nitrogens is 1. The van der Waals surface area contributed by atoms with E-state index in [9.17, 15) is 0 Å². The molecule has 82 heavy (non-hydrogen) atoms. The largest absolute Gasteiger partial charge is 0.309 e. The fraction of sp³-hybridized carbons (Fsp3) is 0.0250. The van der Waals surface area contributed by atoms with E-state index in [0.717, 1.165) is 33.8 Å². The van der Waals surface area contributed by atoms with Crippen LogP contribution < -0.4 is 4.90 Å². The van der Waals surface area contributed by atoms with Gasteiger partial charge >= 0.3 is 0 Å². The molecule has 0 saturated carbocycles. The van der Waals surface area contributed by atoms with Gasteiger partial charge < -0.3 is 9.47 Å². The van der Waals surface area contributed by atoms with Crippen molar-refractivity contribution in [1.29, 1.82) is 0 Å². The van der Waals surface area contributed by atoms with Gasteiger partial charge in [0.25, 0.3) is 0 Å². The second-order valence-corrected chi connectivity index (χ2v) is 22.5. The lowest BCUT2D eigenvalue weighted by Gasteiger charge is -2.39. The van der Waals surface area contributed by atoms with Crippen LogP contribution in [0.15, 0.2) is 303 Å². The third-order valence-electron chi connectivity index (χ3n) is 18.8. The van der Waals surface area contributed by atoms with Crippen LogP contribution in [0.4, 0.5) is 17.1 Å². The maximum atomic E-state index is 2.57. The van der Waals surface area contributed by atoms with Gasteiger partial charge in [-0.25, -0.2) is 0 Å². The molecule has 1 atom stereocenters. The minimum atomic E-state index is -0.595. The highest BCUT2D eigenvalue weighted by Crippen LogP contribution is 2.65. The molecule has 1 aromatic heterocycles. The monoisotopic (exact) mass is 1040 g/mol. The topological polar surface area (TPSA) is 8.17 Å². The van der Waals surface area contributed by atoms with Crippen LogP contribution in [0.2, 0.25) is 0 Å². The van der Waals surface area contributed by atoms with Crippen molar-refractivity contribution in [2.45, 2.75) is 10.8 Å². The second kappa shape index (κ2) is 17.0. The standard InChI is InChI=1S/C80H50N2/c1-2-23-51(24-3-1)54-25-4-5-27-56(54)63-32-11-19-42-75(63)81(53-46-48-62-60-31-8-15-37-68(60)79(73(62)50-53)66-35-13-6-28-57(66)58-29-7-14-36-67(58)79)74-41-18-10-26-55(74)52-45-47-61-59-30-9-16-38-69(59)80(72(61)49-52)70-39-17-21-44-77(70)82-76-43-20-12-33-64(76)65-34-22-40-71(80)78(65)82/h1-50H. The minimum absolute atomic E-state index is 0.520. The number of rotatable bonds is 6. The van der Waals surface area contributed by atoms with Gasteiger partial charge in [-0.3, -0.25) is 0 Å². The molecule has 0 saturated heterocycles. The summed E-state index contributed by atoms with van der Waals surface area (Å²) in [6.07, 6.45) is 0. The van der Waals surface area contributed by atoms with Crippen molar-refractivity contribution in [1.82, 2.24) is 4.57 Å². The fourth-order valence-electron chi connectivity index (χ4n) is 15.8. The summed E-state index contributed by atoms with van der Waals surface area (Å²) in [6, 6.07) is 114. The van der Waals surface area contributed by atoms with Crippen LogP contribution in [0, 0.1) is 0 Å². The predicted octanol–water partition coefficient (Wildman–Crippen LogP) is 20.3. The van der Waals surface area contributed by atoms with Crippen molar-refractivity contribution in [3.8, 4) is 72.4 Å². The molecular weight excluding hydrogens is 989 g/mol. The van der Waals surface area contributed by atoms with Crippen molar-refractivity contribution in [3.63, 3.8) is 0 Å². The van der Waals surface area contributed by atoms with Crippen LogP contribution in [0.5, 0.6) is 0 Å². The van der Waals surface area contributed by atoms with Crippen LogP contribution in [0.3, 0.4) is 0 Å². The third kappa shape index (κ3) is 5.82. The highest BCUT2D eigenvalue weighted by Gasteiger charge is 2.53. The molecule has 2 nitrogen and oxygen atoms in total. The van der Waals surface area contributed by atoms with Gasteiger partial charge in [-0.2, -0.15) is 0 Å². The summed E-state index contributed by atoms with van der Waals surface area (Å²) in [6.45, 7) is 0. The summed E-state index contributed by atoms with van der Waals surface area (Å²) < 4.78 is 2.54. The Labute approximate surface area is 476 Å². The van der Waals surface area contributed by atoms with Gasteiger partial charge in [-0.1, -0.05) is 261 Å². The molecule has 1 aliphatic heterocycles. The molecule has 0 amide bonds. The predicted molar refractivity (Wildman–Crippen MR) is 339 cm³/mol. The van der Waals surface area contributed by atoms with Gasteiger partial charge in [0.1, 0.15) is 0 Å². The molecular formula is C80H50N2. The molecule has 3 aliphatic carbocycles. The molecule has 0 fully saturated rings. The van der Waals surface area contributed by atoms with E-state index < -0.39 is 10.8 Å². The van der Waals surface area contributed by atoms with Gasteiger partial charge in [0.15, 0.2) is 0 Å². The van der Waals surface area contributed by atoms with Gasteiger partial charge in [-0.15, -0.1) is 0 Å². The van der Waals surface area contributed by atoms with Crippen LogP contribution in [-0.4, -0.2) is 4.57 Å². The van der Waals surface area contributed by atoms with E-state index in [1.54, 1.807) is 0 Å². The first kappa shape index (κ1) is 45.3. The van der Waals surface area contributed by atoms with Crippen LogP contribution in [-0.2, 0) is 10.8 Å². The molecule has 1 unspecified atom stereocenters. The Hall–Kier alpha value is -10.5. The smallest absolute Gasteiger partial charge is 0.0754 e. The highest BCUT2D eigenvalue weighted by molar-refractivity contribution is 6.13. The third-order valence-corrected chi connectivity index (χ3v) is 18.8. The number of hydrogen-bond donors (Lipinski definition) is 0. The molecule has 14 aromatic rings. The van der Waals surface area contributed by atoms with Crippen molar-refractivity contribution in [2.24, 2.45) is 0 Å². The van der Waals surface area contributed by atoms with E-state index in [0.29, 0.717) is 0 Å². The maximum absolute atomic E-state index is 2.57. The zero-order valence-electron chi connectivity index (χ0n) is 44.8. The fourth-order valence-corrected chi connectivity index (χ4v) is 15.8. The molecule has 2 heteroatoms. The van der Waals surface area contributed by atoms with E-state index in [2.05, 4.69) is 313 Å². The molecule has 18 rings (SSSR count). The summed E-state index contributed by atoms with van der Waals surface area (Å²) in [5.74, 6) is 0. The Morgan fingerprint density at radius 1 is 0.244 bits per heavy atom. The minimum Gasteiger partial charge on any atom is -0.309 e. The van der Waals surface area contributed by atoms with Gasteiger partial charge in [-0.05, 0) is 143 Å². The summed E-state index contributed by atoms with van der Waals surface area (Å²) in [7, 11) is 0. The number of hydrogen-bond acceptors (Lipinski definition) is 1. The quantitative estimate of drug-likeness (QED) is 0.161. The number of para-hydroxylation sites is 5. The first-order chi connectivity index (χ1) is 40.7. The number of fused-ring (bicyclic) bond motifs is 22. The normalized spacial score (nSPS) is 15.0. The molecule has 2 spiro atoms. The molecule has 4 aliphatic rings.